The Labute approximate surface area is 126 Å². The first kappa shape index (κ1) is 14.8. The first-order valence-electron chi connectivity index (χ1n) is 6.16. The van der Waals surface area contributed by atoms with Gasteiger partial charge in [-0.25, -0.2) is 18.6 Å². The minimum atomic E-state index is -4.94. The number of rotatable bonds is 0. The van der Waals surface area contributed by atoms with E-state index < -0.39 is 10.2 Å². The Morgan fingerprint density at radius 3 is 2.36 bits per heavy atom. The average Bonchev–Trinajstić information content (AvgIpc) is 2.92. The molecule has 22 heavy (non-hydrogen) atoms. The van der Waals surface area contributed by atoms with Crippen LogP contribution in [0, 0.1) is 10.2 Å². The van der Waals surface area contributed by atoms with Crippen molar-refractivity contribution in [1.29, 1.82) is 0 Å². The molecule has 1 aliphatic heterocycles. The molecule has 0 saturated heterocycles. The Morgan fingerprint density at radius 2 is 1.64 bits per heavy atom. The van der Waals surface area contributed by atoms with E-state index in [4.69, 9.17) is 28.1 Å². The van der Waals surface area contributed by atoms with Gasteiger partial charge in [0.1, 0.15) is 0 Å². The molecular weight excluding hydrogens is 314 g/mol. The van der Waals surface area contributed by atoms with Gasteiger partial charge in [0.2, 0.25) is 12.5 Å². The van der Waals surface area contributed by atoms with Crippen LogP contribution in [0.5, 0.6) is 11.5 Å². The van der Waals surface area contributed by atoms with Gasteiger partial charge in [0.15, 0.2) is 18.1 Å². The van der Waals surface area contributed by atoms with E-state index in [2.05, 4.69) is 28.8 Å². The van der Waals surface area contributed by atoms with E-state index in [9.17, 15) is 0 Å². The molecule has 0 saturated carbocycles. The summed E-state index contributed by atoms with van der Waals surface area (Å²) in [6.45, 7) is 0.307. The molecule has 2 aromatic heterocycles. The number of ether oxygens (including phenoxy) is 2. The second-order valence-electron chi connectivity index (χ2n) is 4.49. The van der Waals surface area contributed by atoms with Gasteiger partial charge in [-0.05, 0) is 11.5 Å². The third kappa shape index (κ3) is 3.19. The molecule has 3 heterocycles. The highest BCUT2D eigenvalue weighted by atomic mass is 35.7. The average molecular weight is 324 g/mol. The van der Waals surface area contributed by atoms with Crippen LogP contribution >= 0.6 is 0 Å². The summed E-state index contributed by atoms with van der Waals surface area (Å²) in [5.74, 6) is 1.65. The van der Waals surface area contributed by atoms with Crippen molar-refractivity contribution in [2.24, 2.45) is 0 Å². The van der Waals surface area contributed by atoms with Gasteiger partial charge in [0.25, 0.3) is 5.52 Å². The zero-order valence-corrected chi connectivity index (χ0v) is 11.9. The molecule has 0 bridgehead atoms. The lowest BCUT2D eigenvalue weighted by molar-refractivity contribution is -2.00. The van der Waals surface area contributed by atoms with Crippen molar-refractivity contribution in [3.8, 4) is 11.5 Å². The van der Waals surface area contributed by atoms with Crippen LogP contribution in [-0.4, -0.2) is 6.79 Å². The number of fused-ring (bicyclic) bond motifs is 4. The fourth-order valence-electron chi connectivity index (χ4n) is 2.27. The third-order valence-corrected chi connectivity index (χ3v) is 3.11. The van der Waals surface area contributed by atoms with Crippen LogP contribution in [0.3, 0.4) is 0 Å². The summed E-state index contributed by atoms with van der Waals surface area (Å²) < 4.78 is 46.9. The van der Waals surface area contributed by atoms with Crippen LogP contribution in [0.4, 0.5) is 0 Å². The van der Waals surface area contributed by atoms with Crippen molar-refractivity contribution in [3.05, 3.63) is 48.8 Å². The highest BCUT2D eigenvalue weighted by Crippen LogP contribution is 2.34. The van der Waals surface area contributed by atoms with E-state index in [0.29, 0.717) is 6.79 Å². The lowest BCUT2D eigenvalue weighted by Gasteiger charge is -2.17. The number of halogens is 1. The van der Waals surface area contributed by atoms with Crippen LogP contribution in [0.15, 0.2) is 48.8 Å². The molecule has 0 N–H and O–H groups in total. The first-order valence-corrected chi connectivity index (χ1v) is 7.39. The van der Waals surface area contributed by atoms with Gasteiger partial charge in [0.05, 0.1) is 0 Å². The van der Waals surface area contributed by atoms with Gasteiger partial charge >= 0.3 is 0 Å². The van der Waals surface area contributed by atoms with E-state index in [0.717, 1.165) is 17.0 Å². The summed E-state index contributed by atoms with van der Waals surface area (Å²) in [7, 11) is -4.94. The molecule has 0 fully saturated rings. The third-order valence-electron chi connectivity index (χ3n) is 3.11. The van der Waals surface area contributed by atoms with E-state index in [1.54, 1.807) is 0 Å². The Kier molecular flexibility index (Phi) is 3.73. The fraction of sp³-hybridized carbons (Fsp3) is 0.0714. The quantitative estimate of drug-likeness (QED) is 0.335. The maximum absolute atomic E-state index is 8.49. The fourth-order valence-corrected chi connectivity index (χ4v) is 2.27. The van der Waals surface area contributed by atoms with E-state index >= 15 is 0 Å². The topological polar surface area (TPSA) is 115 Å². The predicted octanol–water partition coefficient (Wildman–Crippen LogP) is -2.45. The molecule has 7 nitrogen and oxygen atoms in total. The monoisotopic (exact) mass is 323 g/mol. The second-order valence-corrected chi connectivity index (χ2v) is 5.24. The summed E-state index contributed by atoms with van der Waals surface area (Å²) >= 11 is 0. The lowest BCUT2D eigenvalue weighted by Crippen LogP contribution is -2.68. The summed E-state index contributed by atoms with van der Waals surface area (Å²) in [5, 5.41) is 2.42. The van der Waals surface area contributed by atoms with E-state index in [1.165, 1.54) is 10.8 Å². The number of nitrogens with zero attached hydrogens (tertiary/aromatic N) is 1. The van der Waals surface area contributed by atoms with Crippen molar-refractivity contribution in [2.45, 2.75) is 0 Å². The smallest absolute Gasteiger partial charge is 0.257 e. The molecule has 0 unspecified atom stereocenters. The largest absolute Gasteiger partial charge is 0.453 e. The van der Waals surface area contributed by atoms with Crippen LogP contribution < -0.4 is 32.5 Å². The highest BCUT2D eigenvalue weighted by molar-refractivity contribution is 5.85. The van der Waals surface area contributed by atoms with Gasteiger partial charge in [-0.1, -0.05) is 18.2 Å². The molecule has 0 amide bonds. The molecule has 0 radical (unpaired) electrons. The maximum atomic E-state index is 8.49. The zero-order chi connectivity index (χ0) is 15.7. The van der Waals surface area contributed by atoms with Gasteiger partial charge in [-0.3, -0.25) is 0 Å². The molecule has 4 rings (SSSR count). The Morgan fingerprint density at radius 1 is 0.955 bits per heavy atom. The van der Waals surface area contributed by atoms with Crippen molar-refractivity contribution in [2.75, 3.05) is 6.79 Å². The maximum Gasteiger partial charge on any atom is 0.257 e. The van der Waals surface area contributed by atoms with Crippen molar-refractivity contribution in [3.63, 3.8) is 0 Å². The van der Waals surface area contributed by atoms with Crippen LogP contribution in [0.25, 0.3) is 16.3 Å². The minimum Gasteiger partial charge on any atom is -0.453 e. The summed E-state index contributed by atoms with van der Waals surface area (Å²) in [6, 6.07) is 12.4. The molecule has 1 aliphatic rings. The Bertz CT molecular complexity index is 827. The van der Waals surface area contributed by atoms with Gasteiger partial charge in [0, 0.05) is 17.5 Å². The van der Waals surface area contributed by atoms with Crippen molar-refractivity contribution >= 4 is 16.3 Å². The normalized spacial score (nSPS) is 13.1. The second kappa shape index (κ2) is 5.56. The zero-order valence-electron chi connectivity index (χ0n) is 11.1. The first-order chi connectivity index (χ1) is 10.4. The molecular formula is C14H10ClNO6. The van der Waals surface area contributed by atoms with Gasteiger partial charge in [-0.15, -0.1) is 10.2 Å². The molecule has 114 valence electrons. The number of hydrogen-bond acceptors (Lipinski definition) is 6. The standard InChI is InChI=1S/C14H10NO2.ClHO4/c1-2-4-11-8-15-6-5-13-14(17-9-16-13)12(15)7-10(11)3-1;2-1(3,4)5/h1-8H,9H2;(H,2,3,4,5)/q+1;/p-1. The Balaban J connectivity index is 0.000000254. The molecule has 8 heteroatoms. The lowest BCUT2D eigenvalue weighted by atomic mass is 10.1. The van der Waals surface area contributed by atoms with Crippen LogP contribution in [0.1, 0.15) is 0 Å². The minimum absolute atomic E-state index is 0.307. The molecule has 1 aromatic carbocycles. The van der Waals surface area contributed by atoms with Gasteiger partial charge < -0.3 is 9.47 Å². The molecule has 0 aliphatic carbocycles. The number of aromatic nitrogens is 1. The molecule has 0 spiro atoms. The van der Waals surface area contributed by atoms with E-state index in [1.807, 2.05) is 24.4 Å². The summed E-state index contributed by atoms with van der Waals surface area (Å²) in [6.07, 6.45) is 4.10. The molecule has 0 atom stereocenters. The summed E-state index contributed by atoms with van der Waals surface area (Å²) in [5.41, 5.74) is 1.04. The number of benzene rings is 1. The number of hydrogen-bond donors (Lipinski definition) is 0. The molecule has 3 aromatic rings. The van der Waals surface area contributed by atoms with Crippen LogP contribution in [0.2, 0.25) is 0 Å². The van der Waals surface area contributed by atoms with Crippen molar-refractivity contribution < 1.29 is 42.8 Å². The van der Waals surface area contributed by atoms with Crippen LogP contribution in [-0.2, 0) is 0 Å². The highest BCUT2D eigenvalue weighted by Gasteiger charge is 2.22. The summed E-state index contributed by atoms with van der Waals surface area (Å²) in [4.78, 5) is 0. The van der Waals surface area contributed by atoms with Crippen molar-refractivity contribution in [1.82, 2.24) is 0 Å². The Hall–Kier alpha value is -2.16. The predicted molar refractivity (Wildman–Crippen MR) is 63.2 cm³/mol. The number of pyridine rings is 2. The van der Waals surface area contributed by atoms with Gasteiger partial charge in [-0.2, -0.15) is 4.40 Å². The SMILES string of the molecule is [O-][Cl+3]([O-])([O-])[O-].c1ccc2c[n+]3ccc4c(c3cc2c1)OCO4. The van der Waals surface area contributed by atoms with E-state index in [-0.39, 0.29) is 0 Å².